The van der Waals surface area contributed by atoms with Gasteiger partial charge in [-0.15, -0.1) is 11.8 Å². The number of thioether (sulfide) groups is 1. The molecule has 1 saturated heterocycles. The van der Waals surface area contributed by atoms with Gasteiger partial charge in [-0.2, -0.15) is 0 Å². The summed E-state index contributed by atoms with van der Waals surface area (Å²) >= 11 is 8.02. The largest absolute Gasteiger partial charge is 0.372 e. The standard InChI is InChI=1S/C18H17ClN2OS/c1-20-9-10-21-17(22)12-23-18(21,13-5-3-2-4-6-13)15-11-14(19)7-8-16(15)20/h2-8,11H,9-10,12H2,1H3. The van der Waals surface area contributed by atoms with Crippen LogP contribution in [0.25, 0.3) is 0 Å². The topological polar surface area (TPSA) is 23.6 Å². The summed E-state index contributed by atoms with van der Waals surface area (Å²) < 4.78 is 0. The van der Waals surface area contributed by atoms with E-state index in [1.165, 1.54) is 0 Å². The second-order valence-corrected chi connectivity index (χ2v) is 7.53. The number of fused-ring (bicyclic) bond motifs is 3. The number of benzene rings is 2. The summed E-state index contributed by atoms with van der Waals surface area (Å²) in [6.45, 7) is 1.53. The molecule has 1 amide bonds. The Hall–Kier alpha value is -1.65. The number of hydrogen-bond acceptors (Lipinski definition) is 3. The first-order chi connectivity index (χ1) is 11.1. The molecule has 1 fully saturated rings. The molecule has 2 aliphatic rings. The second kappa shape index (κ2) is 5.46. The molecule has 2 aromatic rings. The molecule has 5 heteroatoms. The summed E-state index contributed by atoms with van der Waals surface area (Å²) in [6, 6.07) is 16.3. The minimum atomic E-state index is -0.483. The average molecular weight is 345 g/mol. The van der Waals surface area contributed by atoms with Crippen LogP contribution >= 0.6 is 23.4 Å². The molecule has 1 atom stereocenters. The van der Waals surface area contributed by atoms with E-state index in [0.29, 0.717) is 17.3 Å². The highest BCUT2D eigenvalue weighted by molar-refractivity contribution is 8.01. The van der Waals surface area contributed by atoms with E-state index in [2.05, 4.69) is 30.1 Å². The van der Waals surface area contributed by atoms with Crippen molar-refractivity contribution in [1.29, 1.82) is 0 Å². The Morgan fingerprint density at radius 1 is 1.13 bits per heavy atom. The van der Waals surface area contributed by atoms with Crippen molar-refractivity contribution in [2.75, 3.05) is 30.8 Å². The van der Waals surface area contributed by atoms with Crippen molar-refractivity contribution in [3.8, 4) is 0 Å². The normalized spacial score (nSPS) is 23.5. The van der Waals surface area contributed by atoms with Crippen LogP contribution in [0.2, 0.25) is 5.02 Å². The summed E-state index contributed by atoms with van der Waals surface area (Å²) in [7, 11) is 2.07. The molecule has 0 spiro atoms. The fourth-order valence-electron chi connectivity index (χ4n) is 3.54. The van der Waals surface area contributed by atoms with E-state index in [4.69, 9.17) is 11.6 Å². The van der Waals surface area contributed by atoms with Crippen LogP contribution in [0, 0.1) is 0 Å². The lowest BCUT2D eigenvalue weighted by molar-refractivity contribution is -0.129. The van der Waals surface area contributed by atoms with Crippen LogP contribution in [-0.2, 0) is 9.67 Å². The van der Waals surface area contributed by atoms with Crippen LogP contribution in [0.3, 0.4) is 0 Å². The molecule has 0 bridgehead atoms. The first-order valence-corrected chi connectivity index (χ1v) is 9.00. The minimum Gasteiger partial charge on any atom is -0.372 e. The van der Waals surface area contributed by atoms with E-state index >= 15 is 0 Å². The van der Waals surface area contributed by atoms with Crippen LogP contribution in [0.4, 0.5) is 5.69 Å². The molecule has 0 N–H and O–H groups in total. The zero-order valence-electron chi connectivity index (χ0n) is 12.8. The van der Waals surface area contributed by atoms with Gasteiger partial charge in [-0.3, -0.25) is 4.79 Å². The number of amides is 1. The quantitative estimate of drug-likeness (QED) is 0.790. The van der Waals surface area contributed by atoms with Gasteiger partial charge in [0.1, 0.15) is 4.87 Å². The van der Waals surface area contributed by atoms with E-state index in [9.17, 15) is 4.79 Å². The smallest absolute Gasteiger partial charge is 0.234 e. The van der Waals surface area contributed by atoms with Gasteiger partial charge in [0.05, 0.1) is 5.75 Å². The maximum absolute atomic E-state index is 12.6. The van der Waals surface area contributed by atoms with Crippen molar-refractivity contribution in [3.63, 3.8) is 0 Å². The van der Waals surface area contributed by atoms with Crippen molar-refractivity contribution in [1.82, 2.24) is 4.90 Å². The van der Waals surface area contributed by atoms with Gasteiger partial charge in [-0.05, 0) is 23.8 Å². The predicted molar refractivity (Wildman–Crippen MR) is 96.1 cm³/mol. The molecule has 0 saturated carbocycles. The summed E-state index contributed by atoms with van der Waals surface area (Å²) in [5.74, 6) is 0.699. The number of likely N-dealkylation sites (N-methyl/N-ethyl adjacent to an activating group) is 1. The highest BCUT2D eigenvalue weighted by Gasteiger charge is 2.51. The molecule has 118 valence electrons. The van der Waals surface area contributed by atoms with E-state index in [1.54, 1.807) is 11.8 Å². The van der Waals surface area contributed by atoms with E-state index in [1.807, 2.05) is 35.2 Å². The molecule has 2 aliphatic heterocycles. The third kappa shape index (κ3) is 2.16. The molecule has 23 heavy (non-hydrogen) atoms. The van der Waals surface area contributed by atoms with Crippen LogP contribution in [0.1, 0.15) is 11.1 Å². The van der Waals surface area contributed by atoms with Gasteiger partial charge in [0.15, 0.2) is 0 Å². The van der Waals surface area contributed by atoms with Gasteiger partial charge in [0.25, 0.3) is 0 Å². The molecule has 2 heterocycles. The highest BCUT2D eigenvalue weighted by Crippen LogP contribution is 2.54. The summed E-state index contributed by atoms with van der Waals surface area (Å²) in [5.41, 5.74) is 3.38. The Bertz CT molecular complexity index is 767. The monoisotopic (exact) mass is 344 g/mol. The Morgan fingerprint density at radius 3 is 2.70 bits per heavy atom. The first kappa shape index (κ1) is 14.9. The van der Waals surface area contributed by atoms with Crippen LogP contribution in [-0.4, -0.2) is 36.7 Å². The van der Waals surface area contributed by atoms with Crippen molar-refractivity contribution >= 4 is 35.0 Å². The highest BCUT2D eigenvalue weighted by atomic mass is 35.5. The summed E-state index contributed by atoms with van der Waals surface area (Å²) in [6.07, 6.45) is 0. The van der Waals surface area contributed by atoms with Crippen molar-refractivity contribution in [2.45, 2.75) is 4.87 Å². The average Bonchev–Trinajstić information content (AvgIpc) is 2.84. The molecule has 2 aromatic carbocycles. The predicted octanol–water partition coefficient (Wildman–Crippen LogP) is 3.57. The Kier molecular flexibility index (Phi) is 3.54. The Labute approximate surface area is 145 Å². The number of rotatable bonds is 1. The molecule has 1 unspecified atom stereocenters. The van der Waals surface area contributed by atoms with Gasteiger partial charge in [-0.25, -0.2) is 0 Å². The number of nitrogens with zero attached hydrogens (tertiary/aromatic N) is 2. The van der Waals surface area contributed by atoms with Crippen molar-refractivity contribution in [3.05, 3.63) is 64.7 Å². The maximum Gasteiger partial charge on any atom is 0.234 e. The second-order valence-electron chi connectivity index (χ2n) is 5.93. The SMILES string of the molecule is CN1CCN2C(=O)CSC2(c2ccccc2)c2cc(Cl)ccc21. The van der Waals surface area contributed by atoms with Gasteiger partial charge in [-0.1, -0.05) is 41.9 Å². The number of carbonyl (C=O) groups excluding carboxylic acids is 1. The van der Waals surface area contributed by atoms with Crippen molar-refractivity contribution in [2.24, 2.45) is 0 Å². The van der Waals surface area contributed by atoms with Gasteiger partial charge >= 0.3 is 0 Å². The van der Waals surface area contributed by atoms with Crippen LogP contribution < -0.4 is 4.90 Å². The lowest BCUT2D eigenvalue weighted by atomic mass is 9.95. The summed E-state index contributed by atoms with van der Waals surface area (Å²) in [5, 5.41) is 0.703. The molecular formula is C18H17ClN2OS. The molecule has 0 radical (unpaired) electrons. The summed E-state index contributed by atoms with van der Waals surface area (Å²) in [4.78, 5) is 16.3. The molecule has 0 aliphatic carbocycles. The number of carbonyl (C=O) groups is 1. The van der Waals surface area contributed by atoms with Gasteiger partial charge in [0, 0.05) is 36.4 Å². The van der Waals surface area contributed by atoms with Crippen LogP contribution in [0.15, 0.2) is 48.5 Å². The maximum atomic E-state index is 12.6. The van der Waals surface area contributed by atoms with E-state index in [-0.39, 0.29) is 5.91 Å². The fourth-order valence-corrected chi connectivity index (χ4v) is 5.18. The Morgan fingerprint density at radius 2 is 1.91 bits per heavy atom. The first-order valence-electron chi connectivity index (χ1n) is 7.64. The lowest BCUT2D eigenvalue weighted by Crippen LogP contribution is -2.43. The molecular weight excluding hydrogens is 328 g/mol. The molecule has 4 rings (SSSR count). The number of hydrogen-bond donors (Lipinski definition) is 0. The zero-order chi connectivity index (χ0) is 16.0. The van der Waals surface area contributed by atoms with Gasteiger partial charge < -0.3 is 9.80 Å². The van der Waals surface area contributed by atoms with Crippen LogP contribution in [0.5, 0.6) is 0 Å². The van der Waals surface area contributed by atoms with Crippen molar-refractivity contribution < 1.29 is 4.79 Å². The number of anilines is 1. The van der Waals surface area contributed by atoms with E-state index in [0.717, 1.165) is 23.4 Å². The molecule has 0 aromatic heterocycles. The zero-order valence-corrected chi connectivity index (χ0v) is 14.4. The van der Waals surface area contributed by atoms with Gasteiger partial charge in [0.2, 0.25) is 5.91 Å². The number of halogens is 1. The Balaban J connectivity index is 2.04. The van der Waals surface area contributed by atoms with E-state index < -0.39 is 4.87 Å². The third-order valence-corrected chi connectivity index (χ3v) is 6.36. The third-order valence-electron chi connectivity index (χ3n) is 4.64. The fraction of sp³-hybridized carbons (Fsp3) is 0.278. The molecule has 3 nitrogen and oxygen atoms in total. The minimum absolute atomic E-state index is 0.195. The lowest BCUT2D eigenvalue weighted by Gasteiger charge is -2.37.